The van der Waals surface area contributed by atoms with Crippen molar-refractivity contribution in [2.75, 3.05) is 5.73 Å². The van der Waals surface area contributed by atoms with Gasteiger partial charge in [0.2, 0.25) is 0 Å². The maximum atomic E-state index is 6.19. The van der Waals surface area contributed by atoms with Gasteiger partial charge in [-0.05, 0) is 36.8 Å². The fourth-order valence-corrected chi connectivity index (χ4v) is 2.61. The van der Waals surface area contributed by atoms with Crippen molar-refractivity contribution in [3.05, 3.63) is 64.9 Å². The summed E-state index contributed by atoms with van der Waals surface area (Å²) < 4.78 is 7.58. The molecule has 3 aromatic rings. The minimum absolute atomic E-state index is 0.474. The third-order valence-corrected chi connectivity index (χ3v) is 3.90. The van der Waals surface area contributed by atoms with Crippen LogP contribution in [0.4, 0.5) is 5.69 Å². The van der Waals surface area contributed by atoms with E-state index in [9.17, 15) is 0 Å². The summed E-state index contributed by atoms with van der Waals surface area (Å²) in [5.74, 6) is 0.739. The summed E-state index contributed by atoms with van der Waals surface area (Å²) >= 11 is 5.88. The van der Waals surface area contributed by atoms with Crippen LogP contribution in [0.15, 0.2) is 48.7 Å². The number of hydrogen-bond donors (Lipinski definition) is 1. The second-order valence-corrected chi connectivity index (χ2v) is 5.90. The highest BCUT2D eigenvalue weighted by molar-refractivity contribution is 6.30. The number of ether oxygens (including phenoxy) is 1. The Morgan fingerprint density at radius 3 is 2.48 bits per heavy atom. The fourth-order valence-electron chi connectivity index (χ4n) is 2.49. The third-order valence-electron chi connectivity index (χ3n) is 3.65. The lowest BCUT2D eigenvalue weighted by atomic mass is 10.0. The van der Waals surface area contributed by atoms with Gasteiger partial charge in [-0.3, -0.25) is 4.68 Å². The Kier molecular flexibility index (Phi) is 4.26. The third kappa shape index (κ3) is 3.48. The fraction of sp³-hybridized carbons (Fsp3) is 0.167. The summed E-state index contributed by atoms with van der Waals surface area (Å²) in [5, 5.41) is 5.07. The van der Waals surface area contributed by atoms with Crippen molar-refractivity contribution in [1.29, 1.82) is 0 Å². The van der Waals surface area contributed by atoms with Gasteiger partial charge in [-0.25, -0.2) is 0 Å². The first-order valence-corrected chi connectivity index (χ1v) is 7.68. The molecular formula is C18H18ClN3O. The number of rotatable bonds is 4. The molecule has 0 unspecified atom stereocenters. The van der Waals surface area contributed by atoms with E-state index in [-0.39, 0.29) is 0 Å². The van der Waals surface area contributed by atoms with E-state index in [4.69, 9.17) is 22.1 Å². The Hall–Kier alpha value is -2.46. The van der Waals surface area contributed by atoms with Gasteiger partial charge < -0.3 is 10.5 Å². The van der Waals surface area contributed by atoms with Gasteiger partial charge in [0.1, 0.15) is 12.4 Å². The summed E-state index contributed by atoms with van der Waals surface area (Å²) in [6.07, 6.45) is 1.97. The van der Waals surface area contributed by atoms with Crippen LogP contribution in [0.1, 0.15) is 11.3 Å². The smallest absolute Gasteiger partial charge is 0.121 e. The van der Waals surface area contributed by atoms with Crippen LogP contribution in [0.3, 0.4) is 0 Å². The van der Waals surface area contributed by atoms with Gasteiger partial charge in [0, 0.05) is 41.1 Å². The van der Waals surface area contributed by atoms with Crippen molar-refractivity contribution in [3.8, 4) is 16.9 Å². The van der Waals surface area contributed by atoms with E-state index in [1.54, 1.807) is 4.68 Å². The molecule has 0 saturated carbocycles. The predicted molar refractivity (Wildman–Crippen MR) is 93.6 cm³/mol. The highest BCUT2D eigenvalue weighted by Gasteiger charge is 2.10. The zero-order valence-electron chi connectivity index (χ0n) is 13.1. The average Bonchev–Trinajstić information content (AvgIpc) is 2.85. The minimum Gasteiger partial charge on any atom is -0.489 e. The second-order valence-electron chi connectivity index (χ2n) is 5.47. The molecule has 2 aromatic carbocycles. The molecule has 1 heterocycles. The first-order valence-electron chi connectivity index (χ1n) is 7.30. The lowest BCUT2D eigenvalue weighted by Gasteiger charge is -2.10. The molecule has 0 atom stereocenters. The Morgan fingerprint density at radius 2 is 1.87 bits per heavy atom. The molecule has 23 heavy (non-hydrogen) atoms. The van der Waals surface area contributed by atoms with Crippen LogP contribution in [-0.2, 0) is 13.7 Å². The Labute approximate surface area is 140 Å². The molecule has 3 rings (SSSR count). The summed E-state index contributed by atoms with van der Waals surface area (Å²) in [4.78, 5) is 0. The van der Waals surface area contributed by atoms with Crippen molar-refractivity contribution < 1.29 is 4.74 Å². The summed E-state index contributed by atoms with van der Waals surface area (Å²) in [6, 6.07) is 13.3. The molecule has 0 aliphatic carbocycles. The van der Waals surface area contributed by atoms with Crippen molar-refractivity contribution in [3.63, 3.8) is 0 Å². The van der Waals surface area contributed by atoms with Crippen molar-refractivity contribution in [1.82, 2.24) is 9.78 Å². The minimum atomic E-state index is 0.474. The van der Waals surface area contributed by atoms with Crippen LogP contribution >= 0.6 is 11.6 Å². The zero-order valence-corrected chi connectivity index (χ0v) is 13.8. The van der Waals surface area contributed by atoms with E-state index < -0.39 is 0 Å². The number of nitrogen functional groups attached to an aromatic ring is 1. The van der Waals surface area contributed by atoms with Gasteiger partial charge >= 0.3 is 0 Å². The number of nitrogens with zero attached hydrogens (tertiary/aromatic N) is 2. The van der Waals surface area contributed by atoms with Crippen molar-refractivity contribution in [2.45, 2.75) is 13.5 Å². The van der Waals surface area contributed by atoms with Crippen LogP contribution in [0.25, 0.3) is 11.1 Å². The maximum absolute atomic E-state index is 6.19. The number of anilines is 1. The van der Waals surface area contributed by atoms with Gasteiger partial charge in [0.05, 0.1) is 5.69 Å². The molecule has 0 bridgehead atoms. The topological polar surface area (TPSA) is 53.1 Å². The number of aromatic nitrogens is 2. The van der Waals surface area contributed by atoms with Crippen LogP contribution in [0.2, 0.25) is 5.02 Å². The first kappa shape index (κ1) is 15.4. The molecule has 0 aliphatic rings. The largest absolute Gasteiger partial charge is 0.489 e. The van der Waals surface area contributed by atoms with Crippen LogP contribution < -0.4 is 10.5 Å². The Balaban J connectivity index is 1.76. The van der Waals surface area contributed by atoms with E-state index in [0.29, 0.717) is 17.3 Å². The Bertz CT molecular complexity index is 825. The standard InChI is InChI=1S/C18H18ClN3O/c1-12-17(10-22(2)21-12)16-8-7-15(9-18(16)20)23-11-13-3-5-14(19)6-4-13/h3-10H,11,20H2,1-2H3. The number of halogens is 1. The summed E-state index contributed by atoms with van der Waals surface area (Å²) in [7, 11) is 1.90. The molecule has 0 radical (unpaired) electrons. The van der Waals surface area contributed by atoms with Gasteiger partial charge in [0.25, 0.3) is 0 Å². The highest BCUT2D eigenvalue weighted by atomic mass is 35.5. The summed E-state index contributed by atoms with van der Waals surface area (Å²) in [6.45, 7) is 2.45. The molecule has 0 fully saturated rings. The maximum Gasteiger partial charge on any atom is 0.121 e. The molecule has 4 nitrogen and oxygen atoms in total. The molecule has 0 spiro atoms. The lowest BCUT2D eigenvalue weighted by molar-refractivity contribution is 0.306. The van der Waals surface area contributed by atoms with Crippen molar-refractivity contribution in [2.24, 2.45) is 7.05 Å². The molecule has 2 N–H and O–H groups in total. The van der Waals surface area contributed by atoms with E-state index in [0.717, 1.165) is 28.1 Å². The van der Waals surface area contributed by atoms with Crippen LogP contribution in [-0.4, -0.2) is 9.78 Å². The number of aryl methyl sites for hydroxylation is 2. The summed E-state index contributed by atoms with van der Waals surface area (Å²) in [5.41, 5.74) is 10.9. The highest BCUT2D eigenvalue weighted by Crippen LogP contribution is 2.31. The molecule has 118 valence electrons. The van der Waals surface area contributed by atoms with E-state index in [2.05, 4.69) is 5.10 Å². The molecule has 0 aliphatic heterocycles. The number of hydrogen-bond acceptors (Lipinski definition) is 3. The SMILES string of the molecule is Cc1nn(C)cc1-c1ccc(OCc2ccc(Cl)cc2)cc1N. The van der Waals surface area contributed by atoms with Gasteiger partial charge in [-0.1, -0.05) is 23.7 Å². The zero-order chi connectivity index (χ0) is 16.4. The molecule has 5 heteroatoms. The van der Waals surface area contributed by atoms with Gasteiger partial charge in [0.15, 0.2) is 0 Å². The number of benzene rings is 2. The monoisotopic (exact) mass is 327 g/mol. The average molecular weight is 328 g/mol. The molecule has 0 amide bonds. The Morgan fingerprint density at radius 1 is 1.13 bits per heavy atom. The molecular weight excluding hydrogens is 310 g/mol. The number of nitrogens with two attached hydrogens (primary N) is 1. The molecule has 0 saturated heterocycles. The predicted octanol–water partition coefficient (Wildman–Crippen LogP) is 4.21. The second kappa shape index (κ2) is 6.34. The lowest BCUT2D eigenvalue weighted by Crippen LogP contribution is -1.97. The van der Waals surface area contributed by atoms with E-state index >= 15 is 0 Å². The van der Waals surface area contributed by atoms with E-state index in [1.807, 2.05) is 62.6 Å². The van der Waals surface area contributed by atoms with E-state index in [1.165, 1.54) is 0 Å². The van der Waals surface area contributed by atoms with Crippen LogP contribution in [0, 0.1) is 6.92 Å². The quantitative estimate of drug-likeness (QED) is 0.730. The van der Waals surface area contributed by atoms with Gasteiger partial charge in [-0.15, -0.1) is 0 Å². The van der Waals surface area contributed by atoms with Gasteiger partial charge in [-0.2, -0.15) is 5.10 Å². The first-order chi connectivity index (χ1) is 11.0. The normalized spacial score (nSPS) is 10.7. The molecule has 1 aromatic heterocycles. The van der Waals surface area contributed by atoms with Crippen LogP contribution in [0.5, 0.6) is 5.75 Å². The van der Waals surface area contributed by atoms with Crippen molar-refractivity contribution >= 4 is 17.3 Å².